The molecule has 2 aromatic heterocycles. The molecule has 0 saturated carbocycles. The van der Waals surface area contributed by atoms with Crippen molar-refractivity contribution in [3.8, 4) is 0 Å². The van der Waals surface area contributed by atoms with Gasteiger partial charge in [0.15, 0.2) is 0 Å². The summed E-state index contributed by atoms with van der Waals surface area (Å²) in [5, 5.41) is 6.83. The fraction of sp³-hybridized carbons (Fsp3) is 0.278. The Kier molecular flexibility index (Phi) is 4.92. The Morgan fingerprint density at radius 3 is 2.62 bits per heavy atom. The fourth-order valence-electron chi connectivity index (χ4n) is 2.67. The number of rotatable bonds is 5. The predicted molar refractivity (Wildman–Crippen MR) is 93.7 cm³/mol. The van der Waals surface area contributed by atoms with Gasteiger partial charge in [-0.15, -0.1) is 5.10 Å². The van der Waals surface area contributed by atoms with Gasteiger partial charge in [-0.3, -0.25) is 4.79 Å². The minimum atomic E-state index is -0.836. The molecular formula is C18H19N5O3. The van der Waals surface area contributed by atoms with E-state index in [2.05, 4.69) is 20.4 Å². The second-order valence-corrected chi connectivity index (χ2v) is 5.93. The van der Waals surface area contributed by atoms with E-state index in [0.717, 1.165) is 17.0 Å². The molecule has 0 bridgehead atoms. The highest BCUT2D eigenvalue weighted by Crippen LogP contribution is 2.08. The summed E-state index contributed by atoms with van der Waals surface area (Å²) in [6, 6.07) is 10.4. The second-order valence-electron chi connectivity index (χ2n) is 5.93. The highest BCUT2D eigenvalue weighted by Gasteiger charge is 2.25. The Balaban J connectivity index is 1.83. The molecule has 0 aliphatic heterocycles. The number of hydrogen-bond donors (Lipinski definition) is 1. The van der Waals surface area contributed by atoms with Crippen molar-refractivity contribution >= 4 is 17.7 Å². The van der Waals surface area contributed by atoms with E-state index in [1.54, 1.807) is 0 Å². The molecule has 134 valence electrons. The van der Waals surface area contributed by atoms with Crippen molar-refractivity contribution in [2.75, 3.05) is 7.11 Å². The molecule has 1 amide bonds. The third-order valence-electron chi connectivity index (χ3n) is 3.90. The molecule has 0 aliphatic rings. The minimum absolute atomic E-state index is 0.0480. The summed E-state index contributed by atoms with van der Waals surface area (Å²) in [7, 11) is 1.28. The number of hydrogen-bond acceptors (Lipinski definition) is 6. The summed E-state index contributed by atoms with van der Waals surface area (Å²) < 4.78 is 6.30. The molecule has 1 N–H and O–H groups in total. The summed E-state index contributed by atoms with van der Waals surface area (Å²) in [6.45, 7) is 3.69. The lowest BCUT2D eigenvalue weighted by Crippen LogP contribution is -2.43. The summed E-state index contributed by atoms with van der Waals surface area (Å²) in [5.41, 5.74) is 2.50. The number of benzene rings is 1. The van der Waals surface area contributed by atoms with Gasteiger partial charge in [-0.05, 0) is 25.5 Å². The summed E-state index contributed by atoms with van der Waals surface area (Å²) >= 11 is 0. The second kappa shape index (κ2) is 7.30. The fourth-order valence-corrected chi connectivity index (χ4v) is 2.67. The zero-order valence-electron chi connectivity index (χ0n) is 14.8. The number of fused-ring (bicyclic) bond motifs is 1. The van der Waals surface area contributed by atoms with Crippen LogP contribution in [0.1, 0.15) is 27.6 Å². The highest BCUT2D eigenvalue weighted by molar-refractivity contribution is 5.94. The van der Waals surface area contributed by atoms with Crippen molar-refractivity contribution in [2.45, 2.75) is 26.3 Å². The third kappa shape index (κ3) is 3.69. The van der Waals surface area contributed by atoms with Crippen LogP contribution in [-0.4, -0.2) is 44.6 Å². The van der Waals surface area contributed by atoms with Gasteiger partial charge in [0, 0.05) is 17.8 Å². The number of carbonyl (C=O) groups excluding carboxylic acids is 2. The van der Waals surface area contributed by atoms with E-state index in [-0.39, 0.29) is 5.82 Å². The molecule has 3 aromatic rings. The lowest BCUT2D eigenvalue weighted by Gasteiger charge is -2.15. The van der Waals surface area contributed by atoms with Crippen LogP contribution < -0.4 is 5.32 Å². The zero-order valence-corrected chi connectivity index (χ0v) is 14.8. The van der Waals surface area contributed by atoms with Crippen molar-refractivity contribution < 1.29 is 14.3 Å². The van der Waals surface area contributed by atoms with Gasteiger partial charge >= 0.3 is 5.97 Å². The van der Waals surface area contributed by atoms with Gasteiger partial charge in [-0.1, -0.05) is 30.3 Å². The average molecular weight is 353 g/mol. The first-order valence-corrected chi connectivity index (χ1v) is 8.11. The predicted octanol–water partition coefficient (Wildman–Crippen LogP) is 1.26. The Morgan fingerprint density at radius 1 is 1.19 bits per heavy atom. The maximum atomic E-state index is 12.5. The van der Waals surface area contributed by atoms with Crippen LogP contribution in [0.2, 0.25) is 0 Å². The monoisotopic (exact) mass is 353 g/mol. The molecule has 1 atom stereocenters. The van der Waals surface area contributed by atoms with E-state index in [1.807, 2.05) is 50.2 Å². The van der Waals surface area contributed by atoms with Crippen LogP contribution in [-0.2, 0) is 16.0 Å². The largest absolute Gasteiger partial charge is 0.467 e. The van der Waals surface area contributed by atoms with Gasteiger partial charge in [0.2, 0.25) is 5.82 Å². The van der Waals surface area contributed by atoms with Crippen molar-refractivity contribution in [1.29, 1.82) is 0 Å². The maximum Gasteiger partial charge on any atom is 0.328 e. The van der Waals surface area contributed by atoms with Crippen LogP contribution in [0, 0.1) is 13.8 Å². The van der Waals surface area contributed by atoms with Crippen molar-refractivity contribution in [2.24, 2.45) is 0 Å². The first-order chi connectivity index (χ1) is 12.5. The van der Waals surface area contributed by atoms with Crippen LogP contribution in [0.3, 0.4) is 0 Å². The first-order valence-electron chi connectivity index (χ1n) is 8.11. The molecule has 0 radical (unpaired) electrons. The van der Waals surface area contributed by atoms with Crippen LogP contribution in [0.5, 0.6) is 0 Å². The number of carbonyl (C=O) groups is 2. The van der Waals surface area contributed by atoms with Gasteiger partial charge in [0.1, 0.15) is 6.04 Å². The molecule has 0 unspecified atom stereocenters. The quantitative estimate of drug-likeness (QED) is 0.693. The van der Waals surface area contributed by atoms with Crippen LogP contribution >= 0.6 is 0 Å². The highest BCUT2D eigenvalue weighted by atomic mass is 16.5. The molecule has 1 aromatic carbocycles. The summed E-state index contributed by atoms with van der Waals surface area (Å²) in [4.78, 5) is 33.0. The smallest absolute Gasteiger partial charge is 0.328 e. The van der Waals surface area contributed by atoms with E-state index in [0.29, 0.717) is 12.2 Å². The Hall–Kier alpha value is -3.29. The number of ether oxygens (including phenoxy) is 1. The van der Waals surface area contributed by atoms with Gasteiger partial charge in [0.25, 0.3) is 11.7 Å². The molecule has 0 saturated heterocycles. The summed E-state index contributed by atoms with van der Waals surface area (Å²) in [6.07, 6.45) is 0.309. The van der Waals surface area contributed by atoms with Crippen molar-refractivity contribution in [3.63, 3.8) is 0 Å². The minimum Gasteiger partial charge on any atom is -0.467 e. The molecule has 26 heavy (non-hydrogen) atoms. The maximum absolute atomic E-state index is 12.5. The van der Waals surface area contributed by atoms with Crippen LogP contribution in [0.4, 0.5) is 0 Å². The molecule has 3 rings (SSSR count). The van der Waals surface area contributed by atoms with Crippen molar-refractivity contribution in [1.82, 2.24) is 24.9 Å². The summed E-state index contributed by atoms with van der Waals surface area (Å²) in [5.74, 6) is -0.798. The standard InChI is InChI=1S/C18H19N5O3/c1-11-9-12(2)23-18(19-11)21-15(22-23)16(24)20-14(17(25)26-3)10-13-7-5-4-6-8-13/h4-9,14H,10H2,1-3H3,(H,20,24)/t14-/m0/s1. The van der Waals surface area contributed by atoms with Crippen LogP contribution in [0.25, 0.3) is 5.78 Å². The zero-order chi connectivity index (χ0) is 18.7. The van der Waals surface area contributed by atoms with E-state index in [1.165, 1.54) is 11.6 Å². The number of aromatic nitrogens is 4. The van der Waals surface area contributed by atoms with E-state index in [9.17, 15) is 9.59 Å². The van der Waals surface area contributed by atoms with Crippen LogP contribution in [0.15, 0.2) is 36.4 Å². The topological polar surface area (TPSA) is 98.5 Å². The van der Waals surface area contributed by atoms with Crippen molar-refractivity contribution in [3.05, 3.63) is 59.2 Å². The first kappa shape index (κ1) is 17.5. The van der Waals surface area contributed by atoms with E-state index in [4.69, 9.17) is 4.74 Å². The Morgan fingerprint density at radius 2 is 1.92 bits per heavy atom. The molecule has 0 aliphatic carbocycles. The number of nitrogens with zero attached hydrogens (tertiary/aromatic N) is 4. The number of methoxy groups -OCH3 is 1. The van der Waals surface area contributed by atoms with Gasteiger partial charge in [-0.2, -0.15) is 4.98 Å². The molecule has 0 fully saturated rings. The van der Waals surface area contributed by atoms with E-state index < -0.39 is 17.9 Å². The molecule has 2 heterocycles. The lowest BCUT2D eigenvalue weighted by molar-refractivity contribution is -0.142. The average Bonchev–Trinajstić information content (AvgIpc) is 3.06. The normalized spacial score (nSPS) is 12.0. The number of aryl methyl sites for hydroxylation is 2. The van der Waals surface area contributed by atoms with Gasteiger partial charge in [0.05, 0.1) is 7.11 Å². The molecule has 8 nitrogen and oxygen atoms in total. The Labute approximate surface area is 150 Å². The SMILES string of the molecule is COC(=O)[C@H](Cc1ccccc1)NC(=O)c1nc2nc(C)cc(C)n2n1. The lowest BCUT2D eigenvalue weighted by atomic mass is 10.1. The number of nitrogens with one attached hydrogen (secondary N) is 1. The molecule has 0 spiro atoms. The number of esters is 1. The third-order valence-corrected chi connectivity index (χ3v) is 3.90. The molecule has 8 heteroatoms. The van der Waals surface area contributed by atoms with Gasteiger partial charge < -0.3 is 10.1 Å². The van der Waals surface area contributed by atoms with Gasteiger partial charge in [-0.25, -0.2) is 14.3 Å². The Bertz CT molecular complexity index is 952. The molecular weight excluding hydrogens is 334 g/mol. The number of amides is 1. The van der Waals surface area contributed by atoms with E-state index >= 15 is 0 Å².